The fraction of sp³-hybridized carbons (Fsp3) is 0.450. The molecule has 2 aliphatic heterocycles. The lowest BCUT2D eigenvalue weighted by Crippen LogP contribution is -2.36. The number of carbonyl (C=O) groups excluding carboxylic acids is 2. The smallest absolute Gasteiger partial charge is 0.328 e. The number of aryl methyl sites for hydroxylation is 1. The average Bonchev–Trinajstić information content (AvgIpc) is 3.31. The van der Waals surface area contributed by atoms with Crippen molar-refractivity contribution in [2.24, 2.45) is 0 Å². The Kier molecular flexibility index (Phi) is 4.83. The normalized spacial score (nSPS) is 17.7. The number of oxazole rings is 1. The summed E-state index contributed by atoms with van der Waals surface area (Å²) in [6.07, 6.45) is 4.57. The third-order valence-corrected chi connectivity index (χ3v) is 5.30. The van der Waals surface area contributed by atoms with E-state index in [9.17, 15) is 9.59 Å². The van der Waals surface area contributed by atoms with Crippen molar-refractivity contribution in [2.75, 3.05) is 31.1 Å². The van der Waals surface area contributed by atoms with E-state index in [0.717, 1.165) is 43.5 Å². The first-order valence-electron chi connectivity index (χ1n) is 9.49. The van der Waals surface area contributed by atoms with Crippen molar-refractivity contribution in [2.45, 2.75) is 32.7 Å². The van der Waals surface area contributed by atoms with Gasteiger partial charge in [0.2, 0.25) is 0 Å². The summed E-state index contributed by atoms with van der Waals surface area (Å²) in [5, 5.41) is 0. The van der Waals surface area contributed by atoms with Crippen molar-refractivity contribution in [3.63, 3.8) is 0 Å². The van der Waals surface area contributed by atoms with Gasteiger partial charge in [0.15, 0.2) is 5.69 Å². The predicted molar refractivity (Wildman–Crippen MR) is 101 cm³/mol. The van der Waals surface area contributed by atoms with Crippen molar-refractivity contribution in [1.29, 1.82) is 0 Å². The average molecular weight is 368 g/mol. The molecule has 2 aliphatic rings. The Bertz CT molecular complexity index is 841. The molecule has 0 aliphatic carbocycles. The number of carbonyl (C=O) groups is 2. The number of nitrogens with zero attached hydrogens (tertiary/aromatic N) is 4. The number of aromatic nitrogens is 1. The van der Waals surface area contributed by atoms with Gasteiger partial charge in [0.05, 0.1) is 0 Å². The Morgan fingerprint density at radius 3 is 2.67 bits per heavy atom. The maximum absolute atomic E-state index is 12.8. The largest absolute Gasteiger partial charge is 0.431 e. The first kappa shape index (κ1) is 17.6. The third kappa shape index (κ3) is 3.54. The molecule has 0 atom stereocenters. The minimum absolute atomic E-state index is 0.117. The molecule has 3 heterocycles. The molecule has 7 nitrogen and oxygen atoms in total. The van der Waals surface area contributed by atoms with E-state index in [4.69, 9.17) is 4.42 Å². The van der Waals surface area contributed by atoms with Crippen LogP contribution in [0.2, 0.25) is 0 Å². The number of hydrogen-bond acceptors (Lipinski definition) is 4. The number of hydrogen-bond donors (Lipinski definition) is 0. The Balaban J connectivity index is 1.44. The van der Waals surface area contributed by atoms with Crippen LogP contribution >= 0.6 is 0 Å². The van der Waals surface area contributed by atoms with Gasteiger partial charge in [-0.05, 0) is 37.3 Å². The Morgan fingerprint density at radius 1 is 1.11 bits per heavy atom. The maximum Gasteiger partial charge on any atom is 0.328 e. The van der Waals surface area contributed by atoms with E-state index in [2.05, 4.69) is 4.98 Å². The minimum atomic E-state index is -0.142. The molecule has 4 rings (SSSR count). The molecule has 1 aromatic carbocycles. The van der Waals surface area contributed by atoms with Gasteiger partial charge in [-0.25, -0.2) is 9.69 Å². The number of piperidine rings is 1. The van der Waals surface area contributed by atoms with Gasteiger partial charge in [-0.15, -0.1) is 0 Å². The highest BCUT2D eigenvalue weighted by molar-refractivity contribution is 5.95. The van der Waals surface area contributed by atoms with Crippen LogP contribution in [-0.2, 0) is 6.54 Å². The second-order valence-corrected chi connectivity index (χ2v) is 7.15. The van der Waals surface area contributed by atoms with Gasteiger partial charge in [0.25, 0.3) is 5.91 Å². The summed E-state index contributed by atoms with van der Waals surface area (Å²) in [7, 11) is 0. The van der Waals surface area contributed by atoms with Gasteiger partial charge in [-0.3, -0.25) is 4.79 Å². The lowest BCUT2D eigenvalue weighted by molar-refractivity contribution is 0.0718. The maximum atomic E-state index is 12.8. The molecule has 0 spiro atoms. The van der Waals surface area contributed by atoms with Crippen LogP contribution in [0.15, 0.2) is 34.9 Å². The molecule has 3 amide bonds. The summed E-state index contributed by atoms with van der Waals surface area (Å²) in [5.74, 6) is -0.117. The summed E-state index contributed by atoms with van der Waals surface area (Å²) < 4.78 is 5.47. The van der Waals surface area contributed by atoms with Gasteiger partial charge in [-0.2, -0.15) is 4.98 Å². The second kappa shape index (κ2) is 7.42. The van der Waals surface area contributed by atoms with Gasteiger partial charge in [0, 0.05) is 32.7 Å². The van der Waals surface area contributed by atoms with Crippen LogP contribution < -0.4 is 4.90 Å². The highest BCUT2D eigenvalue weighted by Gasteiger charge is 2.33. The Morgan fingerprint density at radius 2 is 1.89 bits per heavy atom. The van der Waals surface area contributed by atoms with Crippen molar-refractivity contribution >= 4 is 18.0 Å². The first-order valence-corrected chi connectivity index (χ1v) is 9.49. The lowest BCUT2D eigenvalue weighted by atomic mass is 10.1. The van der Waals surface area contributed by atoms with Crippen molar-refractivity contribution < 1.29 is 14.0 Å². The molecule has 2 saturated heterocycles. The van der Waals surface area contributed by atoms with E-state index in [-0.39, 0.29) is 23.6 Å². The van der Waals surface area contributed by atoms with Crippen LogP contribution in [0.1, 0.15) is 40.9 Å². The van der Waals surface area contributed by atoms with Crippen molar-refractivity contribution in [1.82, 2.24) is 14.8 Å². The third-order valence-electron chi connectivity index (χ3n) is 5.30. The zero-order valence-corrected chi connectivity index (χ0v) is 15.6. The SMILES string of the molecule is Cc1ccccc1CN1CCN(c2nc(C(=O)N3CCCCC3)co2)C1=O. The molecule has 0 radical (unpaired) electrons. The van der Waals surface area contributed by atoms with Gasteiger partial charge < -0.3 is 14.2 Å². The van der Waals surface area contributed by atoms with E-state index in [0.29, 0.717) is 19.6 Å². The van der Waals surface area contributed by atoms with Crippen LogP contribution in [0, 0.1) is 6.92 Å². The van der Waals surface area contributed by atoms with Gasteiger partial charge in [0.1, 0.15) is 6.26 Å². The fourth-order valence-corrected chi connectivity index (χ4v) is 3.65. The summed E-state index contributed by atoms with van der Waals surface area (Å²) in [6.45, 7) is 5.22. The zero-order chi connectivity index (χ0) is 18.8. The standard InChI is InChI=1S/C20H24N4O3/c1-15-7-3-4-8-16(15)13-23-11-12-24(20(23)26)19-21-17(14-27-19)18(25)22-9-5-2-6-10-22/h3-4,7-8,14H,2,5-6,9-13H2,1H3. The van der Waals surface area contributed by atoms with Gasteiger partial charge in [-0.1, -0.05) is 24.3 Å². The van der Waals surface area contributed by atoms with E-state index in [1.807, 2.05) is 31.2 Å². The van der Waals surface area contributed by atoms with Crippen LogP contribution in [0.4, 0.5) is 10.8 Å². The molecule has 1 aromatic heterocycles. The van der Waals surface area contributed by atoms with Crippen molar-refractivity contribution in [3.8, 4) is 0 Å². The summed E-state index contributed by atoms with van der Waals surface area (Å²) in [6, 6.07) is 8.11. The topological polar surface area (TPSA) is 69.9 Å². The molecule has 2 aromatic rings. The minimum Gasteiger partial charge on any atom is -0.431 e. The van der Waals surface area contributed by atoms with Crippen molar-refractivity contribution in [3.05, 3.63) is 47.3 Å². The predicted octanol–water partition coefficient (Wildman–Crippen LogP) is 3.05. The number of amides is 3. The van der Waals surface area contributed by atoms with E-state index in [1.54, 1.807) is 9.80 Å². The van der Waals surface area contributed by atoms with E-state index in [1.165, 1.54) is 11.2 Å². The quantitative estimate of drug-likeness (QED) is 0.832. The number of likely N-dealkylation sites (tertiary alicyclic amines) is 1. The molecule has 7 heteroatoms. The molecule has 0 saturated carbocycles. The Labute approximate surface area is 158 Å². The van der Waals surface area contributed by atoms with Crippen LogP contribution in [-0.4, -0.2) is 52.9 Å². The Hall–Kier alpha value is -2.83. The van der Waals surface area contributed by atoms with Crippen LogP contribution in [0.3, 0.4) is 0 Å². The monoisotopic (exact) mass is 368 g/mol. The van der Waals surface area contributed by atoms with E-state index < -0.39 is 0 Å². The van der Waals surface area contributed by atoms with Gasteiger partial charge >= 0.3 is 12.0 Å². The highest BCUT2D eigenvalue weighted by atomic mass is 16.4. The molecule has 0 N–H and O–H groups in total. The lowest BCUT2D eigenvalue weighted by Gasteiger charge is -2.25. The zero-order valence-electron chi connectivity index (χ0n) is 15.6. The molecule has 0 unspecified atom stereocenters. The van der Waals surface area contributed by atoms with Crippen LogP contribution in [0.25, 0.3) is 0 Å². The second-order valence-electron chi connectivity index (χ2n) is 7.15. The fourth-order valence-electron chi connectivity index (χ4n) is 3.65. The molecule has 142 valence electrons. The number of benzene rings is 1. The van der Waals surface area contributed by atoms with Crippen LogP contribution in [0.5, 0.6) is 0 Å². The summed E-state index contributed by atoms with van der Waals surface area (Å²) >= 11 is 0. The molecule has 27 heavy (non-hydrogen) atoms. The number of rotatable bonds is 4. The number of anilines is 1. The summed E-state index contributed by atoms with van der Waals surface area (Å²) in [4.78, 5) is 34.7. The molecule has 0 bridgehead atoms. The molecular formula is C20H24N4O3. The molecule has 2 fully saturated rings. The number of urea groups is 1. The first-order chi connectivity index (χ1) is 13.1. The molecular weight excluding hydrogens is 344 g/mol. The van der Waals surface area contributed by atoms with E-state index >= 15 is 0 Å². The summed E-state index contributed by atoms with van der Waals surface area (Å²) in [5.41, 5.74) is 2.56. The highest BCUT2D eigenvalue weighted by Crippen LogP contribution is 2.23.